The summed E-state index contributed by atoms with van der Waals surface area (Å²) in [5.74, 6) is 0. The lowest BCUT2D eigenvalue weighted by Crippen LogP contribution is -1.91. The van der Waals surface area contributed by atoms with E-state index >= 15 is 0 Å². The molecule has 9 rings (SSSR count). The molecule has 0 aliphatic carbocycles. The lowest BCUT2D eigenvalue weighted by molar-refractivity contribution is 0.669. The van der Waals surface area contributed by atoms with E-state index in [-0.39, 0.29) is 29.7 Å². The van der Waals surface area contributed by atoms with Crippen molar-refractivity contribution in [1.82, 2.24) is 0 Å². The van der Waals surface area contributed by atoms with Gasteiger partial charge >= 0.3 is 0 Å². The first kappa shape index (κ1) is 21.7. The molecule has 210 valence electrons. The van der Waals surface area contributed by atoms with E-state index in [4.69, 9.17) is 4.42 Å². The number of para-hydroxylation sites is 1. The zero-order valence-corrected chi connectivity index (χ0v) is 24.3. The predicted molar refractivity (Wildman–Crippen MR) is 190 cm³/mol. The predicted octanol–water partition coefficient (Wildman–Crippen LogP) is 12.6. The molecule has 0 atom stereocenters. The van der Waals surface area contributed by atoms with Gasteiger partial charge in [0, 0.05) is 10.8 Å². The van der Waals surface area contributed by atoms with Gasteiger partial charge in [-0.15, -0.1) is 0 Å². The maximum absolute atomic E-state index is 9.39. The second-order valence-electron chi connectivity index (χ2n) is 11.3. The SMILES string of the molecule is [2H]c1c([2H])c(-c2c3ccccc3c(-c3ccc(-c4ccccc4)cc3)c3ccccc23)c([2H])c([2H])c1-c1ccc2oc3ccccc3c2c1. The number of furan rings is 1. The van der Waals surface area contributed by atoms with Crippen LogP contribution in [0.1, 0.15) is 5.48 Å². The van der Waals surface area contributed by atoms with E-state index in [2.05, 4.69) is 48.5 Å². The largest absolute Gasteiger partial charge is 0.456 e. The van der Waals surface area contributed by atoms with E-state index in [9.17, 15) is 5.48 Å². The van der Waals surface area contributed by atoms with Gasteiger partial charge in [-0.2, -0.15) is 0 Å². The Hall–Kier alpha value is -5.92. The van der Waals surface area contributed by atoms with Crippen molar-refractivity contribution < 1.29 is 9.90 Å². The van der Waals surface area contributed by atoms with Gasteiger partial charge in [-0.3, -0.25) is 0 Å². The topological polar surface area (TPSA) is 13.1 Å². The van der Waals surface area contributed by atoms with Crippen LogP contribution in [0.2, 0.25) is 0 Å². The Morgan fingerprint density at radius 1 is 0.311 bits per heavy atom. The Morgan fingerprint density at radius 2 is 0.756 bits per heavy atom. The first-order chi connectivity index (χ1) is 24.0. The first-order valence-corrected chi connectivity index (χ1v) is 15.1. The first-order valence-electron chi connectivity index (χ1n) is 17.1. The van der Waals surface area contributed by atoms with Gasteiger partial charge in [0.05, 0.1) is 5.48 Å². The van der Waals surface area contributed by atoms with Gasteiger partial charge in [-0.05, 0) is 84.3 Å². The summed E-state index contributed by atoms with van der Waals surface area (Å²) in [7, 11) is 0. The van der Waals surface area contributed by atoms with Crippen LogP contribution in [0, 0.1) is 0 Å². The van der Waals surface area contributed by atoms with Gasteiger partial charge in [0.1, 0.15) is 11.2 Å². The highest BCUT2D eigenvalue weighted by Gasteiger charge is 2.17. The van der Waals surface area contributed by atoms with Crippen LogP contribution in [-0.2, 0) is 0 Å². The molecule has 0 radical (unpaired) electrons. The van der Waals surface area contributed by atoms with E-state index in [0.29, 0.717) is 22.3 Å². The van der Waals surface area contributed by atoms with Crippen LogP contribution in [0.5, 0.6) is 0 Å². The fourth-order valence-electron chi connectivity index (χ4n) is 6.63. The molecule has 0 unspecified atom stereocenters. The van der Waals surface area contributed by atoms with Crippen LogP contribution in [-0.4, -0.2) is 0 Å². The molecule has 0 spiro atoms. The molecule has 0 aliphatic rings. The molecule has 0 fully saturated rings. The van der Waals surface area contributed by atoms with Gasteiger partial charge < -0.3 is 4.42 Å². The summed E-state index contributed by atoms with van der Waals surface area (Å²) in [6, 6.07) is 48.2. The van der Waals surface area contributed by atoms with E-state index in [1.807, 2.05) is 97.1 Å². The Morgan fingerprint density at radius 3 is 1.40 bits per heavy atom. The second kappa shape index (κ2) is 10.4. The third-order valence-corrected chi connectivity index (χ3v) is 8.75. The molecule has 0 saturated carbocycles. The Kier molecular flexibility index (Phi) is 5.00. The molecule has 1 heteroatoms. The molecule has 1 heterocycles. The molecule has 0 amide bonds. The minimum absolute atomic E-state index is 0.0663. The lowest BCUT2D eigenvalue weighted by Gasteiger charge is -2.18. The summed E-state index contributed by atoms with van der Waals surface area (Å²) >= 11 is 0. The normalized spacial score (nSPS) is 12.8. The van der Waals surface area contributed by atoms with Crippen LogP contribution in [0.15, 0.2) is 174 Å². The number of rotatable bonds is 4. The van der Waals surface area contributed by atoms with Gasteiger partial charge in [-0.1, -0.05) is 152 Å². The van der Waals surface area contributed by atoms with Crippen LogP contribution in [0.3, 0.4) is 0 Å². The smallest absolute Gasteiger partial charge is 0.135 e. The highest BCUT2D eigenvalue weighted by molar-refractivity contribution is 6.21. The van der Waals surface area contributed by atoms with Crippen molar-refractivity contribution in [3.63, 3.8) is 0 Å². The average Bonchev–Trinajstić information content (AvgIpc) is 3.52. The molecule has 0 N–H and O–H groups in total. The van der Waals surface area contributed by atoms with Gasteiger partial charge in [0.15, 0.2) is 0 Å². The summed E-state index contributed by atoms with van der Waals surface area (Å²) in [6.07, 6.45) is 0. The zero-order valence-electron chi connectivity index (χ0n) is 28.3. The summed E-state index contributed by atoms with van der Waals surface area (Å²) in [5.41, 5.74) is 7.80. The molecule has 1 nitrogen and oxygen atoms in total. The molecule has 0 saturated heterocycles. The molecule has 8 aromatic carbocycles. The molecule has 0 bridgehead atoms. The fraction of sp³-hybridized carbons (Fsp3) is 0. The van der Waals surface area contributed by atoms with Crippen molar-refractivity contribution in [1.29, 1.82) is 0 Å². The summed E-state index contributed by atoms with van der Waals surface area (Å²) in [5, 5.41) is 5.55. The Labute approximate surface area is 267 Å². The van der Waals surface area contributed by atoms with Crippen molar-refractivity contribution >= 4 is 43.5 Å². The maximum atomic E-state index is 9.39. The van der Waals surface area contributed by atoms with Gasteiger partial charge in [0.25, 0.3) is 0 Å². The summed E-state index contributed by atoms with van der Waals surface area (Å²) in [6.45, 7) is 0. The monoisotopic (exact) mass is 576 g/mol. The van der Waals surface area contributed by atoms with Crippen molar-refractivity contribution in [2.75, 3.05) is 0 Å². The minimum atomic E-state index is -0.0723. The standard InChI is InChI=1S/C44H28O/c1-2-10-29(11-3-1)30-18-22-32(23-19-30)43-36-13-4-6-15-38(36)44(39-16-7-5-14-37(39)43)33-24-20-31(21-25-33)34-26-27-42-40(28-34)35-12-8-9-17-41(35)45-42/h1-28H/i20D,21D,24D,25D. The highest BCUT2D eigenvalue weighted by Crippen LogP contribution is 2.44. The van der Waals surface area contributed by atoms with E-state index in [0.717, 1.165) is 60.2 Å². The van der Waals surface area contributed by atoms with E-state index < -0.39 is 0 Å². The lowest BCUT2D eigenvalue weighted by atomic mass is 9.85. The molecule has 0 aliphatic heterocycles. The third kappa shape index (κ3) is 4.24. The molecule has 45 heavy (non-hydrogen) atoms. The van der Waals surface area contributed by atoms with Gasteiger partial charge in [-0.25, -0.2) is 0 Å². The number of hydrogen-bond acceptors (Lipinski definition) is 1. The summed E-state index contributed by atoms with van der Waals surface area (Å²) < 4.78 is 43.3. The van der Waals surface area contributed by atoms with Crippen molar-refractivity contribution in [2.45, 2.75) is 0 Å². The van der Waals surface area contributed by atoms with Crippen LogP contribution in [0.25, 0.3) is 88.0 Å². The Balaban J connectivity index is 1.27. The van der Waals surface area contributed by atoms with Crippen LogP contribution >= 0.6 is 0 Å². The summed E-state index contributed by atoms with van der Waals surface area (Å²) in [4.78, 5) is 0. The van der Waals surface area contributed by atoms with Crippen LogP contribution < -0.4 is 0 Å². The van der Waals surface area contributed by atoms with Crippen molar-refractivity contribution in [2.24, 2.45) is 0 Å². The second-order valence-corrected chi connectivity index (χ2v) is 11.3. The zero-order chi connectivity index (χ0) is 33.2. The average molecular weight is 577 g/mol. The van der Waals surface area contributed by atoms with Crippen molar-refractivity contribution in [3.05, 3.63) is 170 Å². The molecular formula is C44H28O. The number of benzene rings is 8. The van der Waals surface area contributed by atoms with E-state index in [1.54, 1.807) is 0 Å². The molecule has 9 aromatic rings. The maximum Gasteiger partial charge on any atom is 0.135 e. The molecule has 1 aromatic heterocycles. The number of fused-ring (bicyclic) bond motifs is 5. The highest BCUT2D eigenvalue weighted by atomic mass is 16.3. The van der Waals surface area contributed by atoms with Gasteiger partial charge in [0.2, 0.25) is 0 Å². The minimum Gasteiger partial charge on any atom is -0.456 e. The molecular weight excluding hydrogens is 544 g/mol. The Bertz CT molecular complexity index is 2660. The van der Waals surface area contributed by atoms with Crippen molar-refractivity contribution in [3.8, 4) is 44.5 Å². The van der Waals surface area contributed by atoms with E-state index in [1.165, 1.54) is 0 Å². The quantitative estimate of drug-likeness (QED) is 0.190. The third-order valence-electron chi connectivity index (χ3n) is 8.75. The fourth-order valence-corrected chi connectivity index (χ4v) is 6.63. The number of hydrogen-bond donors (Lipinski definition) is 0. The van der Waals surface area contributed by atoms with Crippen LogP contribution in [0.4, 0.5) is 0 Å².